The number of allylic oxidation sites excluding steroid dienone is 1. The number of H-pyrrole nitrogens is 1. The van der Waals surface area contributed by atoms with Crippen molar-refractivity contribution in [2.45, 2.75) is 45.3 Å². The molecule has 0 spiro atoms. The molecule has 10 heteroatoms. The first kappa shape index (κ1) is 23.8. The molecule has 0 unspecified atom stereocenters. The van der Waals surface area contributed by atoms with Gasteiger partial charge < -0.3 is 9.30 Å². The maximum atomic E-state index is 14.2. The standard InChI is InChI=1S/C29H23ClFN5O3/c1-15(26-34-29(37)39-35-26)24-20-7-5-16(11-18(20)14-38-23-12-19(31)6-8-21(23)24)13-36-27(17-3-2-4-17)33-25-22(30)9-10-32-28(25)36/h5-12,17H,2-4,13-14H2,1H3,(H,34,35,37)/b24-15+. The van der Waals surface area contributed by atoms with E-state index in [2.05, 4.69) is 31.8 Å². The number of halogens is 2. The summed E-state index contributed by atoms with van der Waals surface area (Å²) in [5, 5.41) is 4.48. The minimum atomic E-state index is -0.645. The molecule has 1 saturated carbocycles. The molecule has 8 nitrogen and oxygen atoms in total. The van der Waals surface area contributed by atoms with Gasteiger partial charge in [0.1, 0.15) is 29.5 Å². The molecule has 5 aromatic rings. The molecule has 0 bridgehead atoms. The molecule has 0 amide bonds. The second kappa shape index (κ2) is 9.20. The number of aromatic amines is 1. The van der Waals surface area contributed by atoms with Gasteiger partial charge in [-0.1, -0.05) is 35.3 Å². The van der Waals surface area contributed by atoms with Crippen molar-refractivity contribution in [3.8, 4) is 5.75 Å². The number of nitrogens with zero attached hydrogens (tertiary/aromatic N) is 4. The maximum Gasteiger partial charge on any atom is 0.439 e. The van der Waals surface area contributed by atoms with Crippen LogP contribution in [0.3, 0.4) is 0 Å². The molecule has 1 aliphatic carbocycles. The highest BCUT2D eigenvalue weighted by Crippen LogP contribution is 2.42. The molecule has 2 aromatic carbocycles. The number of imidazole rings is 1. The summed E-state index contributed by atoms with van der Waals surface area (Å²) in [4.78, 5) is 23.8. The van der Waals surface area contributed by atoms with Gasteiger partial charge in [-0.2, -0.15) is 0 Å². The van der Waals surface area contributed by atoms with Gasteiger partial charge in [-0.05, 0) is 66.3 Å². The van der Waals surface area contributed by atoms with Gasteiger partial charge in [0.05, 0.1) is 11.6 Å². The van der Waals surface area contributed by atoms with Gasteiger partial charge in [0.25, 0.3) is 0 Å². The van der Waals surface area contributed by atoms with E-state index in [1.54, 1.807) is 18.3 Å². The lowest BCUT2D eigenvalue weighted by molar-refractivity contribution is 0.305. The van der Waals surface area contributed by atoms with Crippen LogP contribution in [0.1, 0.15) is 66.0 Å². The van der Waals surface area contributed by atoms with E-state index in [0.717, 1.165) is 52.1 Å². The third-order valence-electron chi connectivity index (χ3n) is 7.63. The van der Waals surface area contributed by atoms with Crippen LogP contribution in [0.2, 0.25) is 5.02 Å². The highest BCUT2D eigenvalue weighted by Gasteiger charge is 2.28. The summed E-state index contributed by atoms with van der Waals surface area (Å²) in [6, 6.07) is 12.4. The van der Waals surface area contributed by atoms with Gasteiger partial charge in [-0.15, -0.1) is 0 Å². The quantitative estimate of drug-likeness (QED) is 0.294. The van der Waals surface area contributed by atoms with Crippen molar-refractivity contribution < 1.29 is 13.7 Å². The Morgan fingerprint density at radius 1 is 1.18 bits per heavy atom. The largest absolute Gasteiger partial charge is 0.488 e. The Kier molecular flexibility index (Phi) is 5.62. The average molecular weight is 544 g/mol. The summed E-state index contributed by atoms with van der Waals surface area (Å²) in [6.45, 7) is 2.66. The zero-order valence-corrected chi connectivity index (χ0v) is 21.8. The van der Waals surface area contributed by atoms with Crippen LogP contribution < -0.4 is 10.5 Å². The van der Waals surface area contributed by atoms with E-state index in [-0.39, 0.29) is 6.61 Å². The monoisotopic (exact) mass is 543 g/mol. The molecular formula is C29H23ClFN5O3. The van der Waals surface area contributed by atoms with Crippen molar-refractivity contribution in [1.29, 1.82) is 0 Å². The number of hydrogen-bond donors (Lipinski definition) is 1. The predicted octanol–water partition coefficient (Wildman–Crippen LogP) is 6.09. The average Bonchev–Trinajstić information content (AvgIpc) is 3.44. The lowest BCUT2D eigenvalue weighted by Gasteiger charge is -2.25. The third kappa shape index (κ3) is 4.04. The second-order valence-electron chi connectivity index (χ2n) is 10.0. The van der Waals surface area contributed by atoms with E-state index in [9.17, 15) is 9.18 Å². The molecule has 4 heterocycles. The second-order valence-corrected chi connectivity index (χ2v) is 10.4. The highest BCUT2D eigenvalue weighted by atomic mass is 35.5. The lowest BCUT2D eigenvalue weighted by Crippen LogP contribution is -2.16. The van der Waals surface area contributed by atoms with Crippen LogP contribution in [-0.4, -0.2) is 24.7 Å². The van der Waals surface area contributed by atoms with Crippen molar-refractivity contribution in [2.24, 2.45) is 0 Å². The lowest BCUT2D eigenvalue weighted by atomic mass is 9.84. The fourth-order valence-electron chi connectivity index (χ4n) is 5.47. The van der Waals surface area contributed by atoms with Crippen LogP contribution in [0.5, 0.6) is 5.75 Å². The van der Waals surface area contributed by atoms with Crippen molar-refractivity contribution in [1.82, 2.24) is 24.7 Å². The normalized spacial score (nSPS) is 16.3. The van der Waals surface area contributed by atoms with E-state index < -0.39 is 11.6 Å². The van der Waals surface area contributed by atoms with Gasteiger partial charge in [0.15, 0.2) is 11.5 Å². The Morgan fingerprint density at radius 3 is 2.79 bits per heavy atom. The van der Waals surface area contributed by atoms with E-state index in [0.29, 0.717) is 40.2 Å². The first-order chi connectivity index (χ1) is 19.0. The molecule has 39 heavy (non-hydrogen) atoms. The molecular weight excluding hydrogens is 521 g/mol. The zero-order valence-electron chi connectivity index (χ0n) is 21.0. The van der Waals surface area contributed by atoms with Gasteiger partial charge >= 0.3 is 5.76 Å². The molecule has 3 aromatic heterocycles. The summed E-state index contributed by atoms with van der Waals surface area (Å²) in [7, 11) is 0. The fraction of sp³-hybridized carbons (Fsp3) is 0.241. The van der Waals surface area contributed by atoms with Gasteiger partial charge in [-0.25, -0.2) is 19.2 Å². The molecule has 1 fully saturated rings. The maximum absolute atomic E-state index is 14.2. The first-order valence-electron chi connectivity index (χ1n) is 12.8. The smallest absolute Gasteiger partial charge is 0.439 e. The number of aromatic nitrogens is 5. The first-order valence-corrected chi connectivity index (χ1v) is 13.2. The minimum absolute atomic E-state index is 0.246. The Hall–Kier alpha value is -4.24. The molecule has 0 radical (unpaired) electrons. The van der Waals surface area contributed by atoms with E-state index >= 15 is 0 Å². The number of rotatable bonds is 4. The predicted molar refractivity (Wildman–Crippen MR) is 144 cm³/mol. The van der Waals surface area contributed by atoms with Crippen LogP contribution >= 0.6 is 11.6 Å². The summed E-state index contributed by atoms with van der Waals surface area (Å²) in [6.07, 6.45) is 5.11. The molecule has 0 atom stereocenters. The molecule has 1 N–H and O–H groups in total. The molecule has 196 valence electrons. The van der Waals surface area contributed by atoms with E-state index in [4.69, 9.17) is 25.8 Å². The minimum Gasteiger partial charge on any atom is -0.488 e. The van der Waals surface area contributed by atoms with E-state index in [1.807, 2.05) is 13.0 Å². The topological polar surface area (TPSA) is 98.8 Å². The zero-order chi connectivity index (χ0) is 26.7. The van der Waals surface area contributed by atoms with Gasteiger partial charge in [0, 0.05) is 29.3 Å². The van der Waals surface area contributed by atoms with Crippen molar-refractivity contribution in [2.75, 3.05) is 0 Å². The number of nitrogens with one attached hydrogen (secondary N) is 1. The number of fused-ring (bicyclic) bond motifs is 3. The summed E-state index contributed by atoms with van der Waals surface area (Å²) in [5.41, 5.74) is 6.53. The van der Waals surface area contributed by atoms with Gasteiger partial charge in [0.2, 0.25) is 0 Å². The van der Waals surface area contributed by atoms with E-state index in [1.165, 1.54) is 18.6 Å². The Bertz CT molecular complexity index is 1850. The van der Waals surface area contributed by atoms with Crippen LogP contribution in [0.15, 0.2) is 58.0 Å². The van der Waals surface area contributed by atoms with Crippen molar-refractivity contribution in [3.63, 3.8) is 0 Å². The summed E-state index contributed by atoms with van der Waals surface area (Å²) < 4.78 is 27.2. The molecule has 0 saturated heterocycles. The highest BCUT2D eigenvalue weighted by molar-refractivity contribution is 6.34. The Labute approximate surface area is 227 Å². The third-order valence-corrected chi connectivity index (χ3v) is 7.94. The number of pyridine rings is 1. The van der Waals surface area contributed by atoms with Crippen LogP contribution in [0, 0.1) is 5.82 Å². The van der Waals surface area contributed by atoms with Crippen LogP contribution in [0.25, 0.3) is 22.3 Å². The summed E-state index contributed by atoms with van der Waals surface area (Å²) >= 11 is 6.48. The number of benzene rings is 2. The van der Waals surface area contributed by atoms with Crippen molar-refractivity contribution in [3.05, 3.63) is 104 Å². The Morgan fingerprint density at radius 2 is 2.03 bits per heavy atom. The summed E-state index contributed by atoms with van der Waals surface area (Å²) in [5.74, 6) is 1.09. The molecule has 7 rings (SSSR count). The van der Waals surface area contributed by atoms with Gasteiger partial charge in [-0.3, -0.25) is 9.51 Å². The van der Waals surface area contributed by atoms with Crippen LogP contribution in [0.4, 0.5) is 4.39 Å². The van der Waals surface area contributed by atoms with Crippen LogP contribution in [-0.2, 0) is 13.2 Å². The molecule has 2 aliphatic rings. The molecule has 1 aliphatic heterocycles. The number of hydrogen-bond acceptors (Lipinski definition) is 6. The van der Waals surface area contributed by atoms with Crippen molar-refractivity contribution >= 4 is 33.9 Å². The Balaban J connectivity index is 1.36. The SMILES string of the molecule is C/C(=C1/c2ccc(Cn3c(C4CCC4)nc4c(Cl)ccnc43)cc2COc2cc(F)ccc21)c1noc(=O)[nH]1. The fourth-order valence-corrected chi connectivity index (χ4v) is 5.65. The number of ether oxygens (including phenoxy) is 1.